The largest absolute Gasteiger partial charge is 0.313 e. The summed E-state index contributed by atoms with van der Waals surface area (Å²) in [4.78, 5) is 2.57. The van der Waals surface area contributed by atoms with E-state index in [4.69, 9.17) is 23.2 Å². The molecule has 0 amide bonds. The Kier molecular flexibility index (Phi) is 6.16. The number of nitrogens with zero attached hydrogens (tertiary/aromatic N) is 1. The Morgan fingerprint density at radius 3 is 2.85 bits per heavy atom. The molecule has 2 unspecified atom stereocenters. The third kappa shape index (κ3) is 3.88. The van der Waals surface area contributed by atoms with Gasteiger partial charge in [0.1, 0.15) is 0 Å². The van der Waals surface area contributed by atoms with E-state index >= 15 is 0 Å². The minimum Gasteiger partial charge on any atom is -0.313 e. The molecule has 1 fully saturated rings. The van der Waals surface area contributed by atoms with Crippen LogP contribution in [0.4, 0.5) is 0 Å². The van der Waals surface area contributed by atoms with Gasteiger partial charge in [-0.05, 0) is 50.5 Å². The fraction of sp³-hybridized carbons (Fsp3) is 0.625. The van der Waals surface area contributed by atoms with Gasteiger partial charge in [0.05, 0.1) is 10.0 Å². The molecule has 0 saturated carbocycles. The van der Waals surface area contributed by atoms with E-state index in [0.717, 1.165) is 24.4 Å². The van der Waals surface area contributed by atoms with Gasteiger partial charge in [-0.2, -0.15) is 0 Å². The zero-order chi connectivity index (χ0) is 14.5. The van der Waals surface area contributed by atoms with Crippen LogP contribution in [-0.2, 0) is 0 Å². The molecule has 0 aromatic heterocycles. The maximum atomic E-state index is 6.32. The van der Waals surface area contributed by atoms with Crippen LogP contribution in [0.25, 0.3) is 0 Å². The van der Waals surface area contributed by atoms with Gasteiger partial charge < -0.3 is 10.2 Å². The first-order valence-electron chi connectivity index (χ1n) is 7.49. The summed E-state index contributed by atoms with van der Waals surface area (Å²) >= 11 is 12.4. The highest BCUT2D eigenvalue weighted by molar-refractivity contribution is 6.42. The lowest BCUT2D eigenvalue weighted by molar-refractivity contribution is 0.301. The van der Waals surface area contributed by atoms with Crippen molar-refractivity contribution < 1.29 is 0 Å². The van der Waals surface area contributed by atoms with Crippen molar-refractivity contribution in [3.05, 3.63) is 33.8 Å². The van der Waals surface area contributed by atoms with E-state index in [1.807, 2.05) is 19.2 Å². The first-order valence-corrected chi connectivity index (χ1v) is 8.24. The fourth-order valence-corrected chi connectivity index (χ4v) is 3.45. The Morgan fingerprint density at radius 2 is 2.20 bits per heavy atom. The standard InChI is InChI=1S/C16H24Cl2N2/c1-3-12-7-9-20(11-12)10-8-15(19-2)13-5-4-6-14(17)16(13)18/h4-6,12,15,19H,3,7-11H2,1-2H3. The smallest absolute Gasteiger partial charge is 0.0640 e. The van der Waals surface area contributed by atoms with Gasteiger partial charge in [-0.25, -0.2) is 0 Å². The number of nitrogens with one attached hydrogen (secondary N) is 1. The summed E-state index contributed by atoms with van der Waals surface area (Å²) < 4.78 is 0. The molecule has 1 aromatic carbocycles. The summed E-state index contributed by atoms with van der Waals surface area (Å²) in [5.74, 6) is 0.887. The summed E-state index contributed by atoms with van der Waals surface area (Å²) in [6.07, 6.45) is 3.71. The molecule has 2 rings (SSSR count). The molecule has 0 spiro atoms. The van der Waals surface area contributed by atoms with Crippen LogP contribution in [0.3, 0.4) is 0 Å². The molecule has 0 bridgehead atoms. The van der Waals surface area contributed by atoms with Gasteiger partial charge in [-0.1, -0.05) is 48.7 Å². The molecule has 0 radical (unpaired) electrons. The molecule has 1 heterocycles. The summed E-state index contributed by atoms with van der Waals surface area (Å²) in [5.41, 5.74) is 1.10. The van der Waals surface area contributed by atoms with E-state index in [9.17, 15) is 0 Å². The summed E-state index contributed by atoms with van der Waals surface area (Å²) in [6.45, 7) is 5.88. The van der Waals surface area contributed by atoms with Gasteiger partial charge in [-0.15, -0.1) is 0 Å². The number of likely N-dealkylation sites (tertiary alicyclic amines) is 1. The molecule has 1 aromatic rings. The zero-order valence-corrected chi connectivity index (χ0v) is 13.8. The average molecular weight is 315 g/mol. The number of rotatable bonds is 6. The Labute approximate surface area is 132 Å². The van der Waals surface area contributed by atoms with Crippen molar-refractivity contribution in [3.8, 4) is 0 Å². The number of hydrogen-bond donors (Lipinski definition) is 1. The lowest BCUT2D eigenvalue weighted by Gasteiger charge is -2.22. The molecule has 4 heteroatoms. The van der Waals surface area contributed by atoms with Crippen LogP contribution in [-0.4, -0.2) is 31.6 Å². The topological polar surface area (TPSA) is 15.3 Å². The molecule has 1 saturated heterocycles. The summed E-state index contributed by atoms with van der Waals surface area (Å²) in [5, 5.41) is 4.68. The fourth-order valence-electron chi connectivity index (χ4n) is 3.01. The van der Waals surface area contributed by atoms with Crippen molar-refractivity contribution in [2.24, 2.45) is 5.92 Å². The van der Waals surface area contributed by atoms with E-state index < -0.39 is 0 Å². The molecular formula is C16H24Cl2N2. The van der Waals surface area contributed by atoms with Crippen LogP contribution in [0.2, 0.25) is 10.0 Å². The molecule has 1 N–H and O–H groups in total. The Hall–Kier alpha value is -0.280. The van der Waals surface area contributed by atoms with E-state index in [0.29, 0.717) is 10.0 Å². The Bertz CT molecular complexity index is 436. The second-order valence-electron chi connectivity index (χ2n) is 5.64. The first kappa shape index (κ1) is 16.1. The van der Waals surface area contributed by atoms with E-state index in [-0.39, 0.29) is 6.04 Å². The maximum absolute atomic E-state index is 6.32. The highest BCUT2D eigenvalue weighted by Crippen LogP contribution is 2.31. The molecule has 1 aliphatic rings. The number of hydrogen-bond acceptors (Lipinski definition) is 2. The third-order valence-electron chi connectivity index (χ3n) is 4.39. The monoisotopic (exact) mass is 314 g/mol. The van der Waals surface area contributed by atoms with Crippen LogP contribution in [0.5, 0.6) is 0 Å². The molecule has 20 heavy (non-hydrogen) atoms. The maximum Gasteiger partial charge on any atom is 0.0640 e. The van der Waals surface area contributed by atoms with E-state index in [1.54, 1.807) is 0 Å². The average Bonchev–Trinajstić information content (AvgIpc) is 2.92. The minimum atomic E-state index is 0.266. The Morgan fingerprint density at radius 1 is 1.40 bits per heavy atom. The van der Waals surface area contributed by atoms with Crippen molar-refractivity contribution in [2.75, 3.05) is 26.7 Å². The predicted molar refractivity (Wildman–Crippen MR) is 87.7 cm³/mol. The quantitative estimate of drug-likeness (QED) is 0.838. The molecule has 2 nitrogen and oxygen atoms in total. The first-order chi connectivity index (χ1) is 9.65. The lowest BCUT2D eigenvalue weighted by atomic mass is 10.0. The molecule has 0 aliphatic carbocycles. The molecular weight excluding hydrogens is 291 g/mol. The van der Waals surface area contributed by atoms with Crippen molar-refractivity contribution >= 4 is 23.2 Å². The van der Waals surface area contributed by atoms with Crippen LogP contribution in [0.15, 0.2) is 18.2 Å². The van der Waals surface area contributed by atoms with Crippen molar-refractivity contribution in [3.63, 3.8) is 0 Å². The minimum absolute atomic E-state index is 0.266. The number of benzene rings is 1. The second kappa shape index (κ2) is 7.65. The second-order valence-corrected chi connectivity index (χ2v) is 6.42. The number of halogens is 2. The molecule has 112 valence electrons. The van der Waals surface area contributed by atoms with Gasteiger partial charge in [0, 0.05) is 12.6 Å². The van der Waals surface area contributed by atoms with Gasteiger partial charge in [0.2, 0.25) is 0 Å². The molecule has 2 atom stereocenters. The van der Waals surface area contributed by atoms with E-state index in [1.165, 1.54) is 25.9 Å². The van der Waals surface area contributed by atoms with Gasteiger partial charge in [0.15, 0.2) is 0 Å². The lowest BCUT2D eigenvalue weighted by Crippen LogP contribution is -2.27. The van der Waals surface area contributed by atoms with Crippen molar-refractivity contribution in [1.82, 2.24) is 10.2 Å². The predicted octanol–water partition coefficient (Wildman–Crippen LogP) is 4.38. The third-order valence-corrected chi connectivity index (χ3v) is 5.22. The van der Waals surface area contributed by atoms with Crippen LogP contribution in [0, 0.1) is 5.92 Å². The van der Waals surface area contributed by atoms with Crippen molar-refractivity contribution in [1.29, 1.82) is 0 Å². The normalized spacial score (nSPS) is 21.3. The Balaban J connectivity index is 1.94. The highest BCUT2D eigenvalue weighted by atomic mass is 35.5. The molecule has 1 aliphatic heterocycles. The van der Waals surface area contributed by atoms with Crippen LogP contribution in [0.1, 0.15) is 37.8 Å². The van der Waals surface area contributed by atoms with Crippen LogP contribution < -0.4 is 5.32 Å². The highest BCUT2D eigenvalue weighted by Gasteiger charge is 2.22. The van der Waals surface area contributed by atoms with Gasteiger partial charge in [0.25, 0.3) is 0 Å². The zero-order valence-electron chi connectivity index (χ0n) is 12.3. The van der Waals surface area contributed by atoms with E-state index in [2.05, 4.69) is 23.2 Å². The summed E-state index contributed by atoms with van der Waals surface area (Å²) in [6, 6.07) is 6.14. The SMILES string of the molecule is CCC1CCN(CCC(NC)c2cccc(Cl)c2Cl)C1. The van der Waals surface area contributed by atoms with Crippen LogP contribution >= 0.6 is 23.2 Å². The van der Waals surface area contributed by atoms with Crippen molar-refractivity contribution in [2.45, 2.75) is 32.2 Å². The van der Waals surface area contributed by atoms with Gasteiger partial charge in [-0.3, -0.25) is 0 Å². The van der Waals surface area contributed by atoms with Gasteiger partial charge >= 0.3 is 0 Å². The summed E-state index contributed by atoms with van der Waals surface area (Å²) in [7, 11) is 1.99.